The van der Waals surface area contributed by atoms with Gasteiger partial charge in [0.1, 0.15) is 11.3 Å². The number of nitriles is 1. The van der Waals surface area contributed by atoms with Gasteiger partial charge in [-0.15, -0.1) is 0 Å². The average Bonchev–Trinajstić information content (AvgIpc) is 3.63. The number of imidazole rings is 1. The number of hydrogen-bond donors (Lipinski definition) is 0. The number of hydrogen-bond acceptors (Lipinski definition) is 3. The van der Waals surface area contributed by atoms with Gasteiger partial charge in [-0.3, -0.25) is 0 Å². The summed E-state index contributed by atoms with van der Waals surface area (Å²) in [6.45, 7) is 6.91. The molecule has 0 spiro atoms. The Morgan fingerprint density at radius 1 is 1.00 bits per heavy atom. The fourth-order valence-electron chi connectivity index (χ4n) is 5.46. The average molecular weight is 445 g/mol. The van der Waals surface area contributed by atoms with Crippen LogP contribution in [0.2, 0.25) is 0 Å². The Morgan fingerprint density at radius 2 is 1.76 bits per heavy atom. The minimum Gasteiger partial charge on any atom is -0.308 e. The number of benzene rings is 2. The zero-order valence-corrected chi connectivity index (χ0v) is 20.0. The van der Waals surface area contributed by atoms with Crippen LogP contribution >= 0.6 is 0 Å². The molecule has 0 bridgehead atoms. The number of allylic oxidation sites excluding steroid dienone is 1. The molecule has 2 aromatic heterocycles. The Bertz CT molecular complexity index is 1530. The first-order valence-corrected chi connectivity index (χ1v) is 12.2. The summed E-state index contributed by atoms with van der Waals surface area (Å²) >= 11 is 0. The van der Waals surface area contributed by atoms with Crippen molar-refractivity contribution in [2.75, 3.05) is 0 Å². The largest absolute Gasteiger partial charge is 0.308 e. The SMILES string of the molecule is C/C(C#N)=C1/c2ccccc2CCc2cc(Cn3c(C4CC4)nc4c(C)cc(C)nc43)ccc21. The fourth-order valence-corrected chi connectivity index (χ4v) is 5.46. The third-order valence-corrected chi connectivity index (χ3v) is 7.27. The predicted octanol–water partition coefficient (Wildman–Crippen LogP) is 6.42. The molecule has 34 heavy (non-hydrogen) atoms. The molecule has 2 aliphatic carbocycles. The molecule has 4 aromatic rings. The molecule has 0 atom stereocenters. The maximum atomic E-state index is 9.76. The van der Waals surface area contributed by atoms with E-state index in [2.05, 4.69) is 73.0 Å². The van der Waals surface area contributed by atoms with Crippen molar-refractivity contribution in [2.45, 2.75) is 58.9 Å². The molecule has 1 saturated carbocycles. The summed E-state index contributed by atoms with van der Waals surface area (Å²) < 4.78 is 2.34. The number of nitrogens with zero attached hydrogens (tertiary/aromatic N) is 4. The highest BCUT2D eigenvalue weighted by Gasteiger charge is 2.30. The van der Waals surface area contributed by atoms with Gasteiger partial charge in [-0.1, -0.05) is 42.5 Å². The quantitative estimate of drug-likeness (QED) is 0.343. The predicted molar refractivity (Wildman–Crippen MR) is 136 cm³/mol. The van der Waals surface area contributed by atoms with Crippen LogP contribution in [-0.4, -0.2) is 14.5 Å². The fraction of sp³-hybridized carbons (Fsp3) is 0.300. The lowest BCUT2D eigenvalue weighted by Gasteiger charge is -2.15. The minimum absolute atomic E-state index is 0.553. The highest BCUT2D eigenvalue weighted by atomic mass is 15.1. The van der Waals surface area contributed by atoms with E-state index < -0.39 is 0 Å². The third-order valence-electron chi connectivity index (χ3n) is 7.27. The molecule has 4 nitrogen and oxygen atoms in total. The second-order valence-electron chi connectivity index (χ2n) is 9.84. The van der Waals surface area contributed by atoms with Crippen molar-refractivity contribution in [3.05, 3.63) is 99.0 Å². The van der Waals surface area contributed by atoms with Crippen LogP contribution in [0.3, 0.4) is 0 Å². The highest BCUT2D eigenvalue weighted by molar-refractivity contribution is 5.87. The summed E-state index contributed by atoms with van der Waals surface area (Å²) in [4.78, 5) is 9.94. The van der Waals surface area contributed by atoms with Crippen molar-refractivity contribution in [1.82, 2.24) is 14.5 Å². The van der Waals surface area contributed by atoms with Gasteiger partial charge in [0.25, 0.3) is 0 Å². The lowest BCUT2D eigenvalue weighted by Crippen LogP contribution is -2.07. The maximum Gasteiger partial charge on any atom is 0.160 e. The molecule has 2 aromatic carbocycles. The normalized spacial score (nSPS) is 16.5. The van der Waals surface area contributed by atoms with Gasteiger partial charge < -0.3 is 4.57 Å². The number of rotatable bonds is 3. The standard InChI is InChI=1S/C30H28N4/c1-18-14-20(3)32-30-28(18)33-29(23-10-11-23)34(30)17-21-8-13-26-24(15-21)12-9-22-6-4-5-7-25(22)27(26)19(2)16-31/h4-8,13-15,23H,9-12,17H2,1-3H3/b27-19+. The Labute approximate surface area is 200 Å². The molecule has 0 amide bonds. The zero-order valence-electron chi connectivity index (χ0n) is 20.0. The molecule has 0 unspecified atom stereocenters. The van der Waals surface area contributed by atoms with Gasteiger partial charge in [-0.25, -0.2) is 9.97 Å². The van der Waals surface area contributed by atoms with E-state index in [0.29, 0.717) is 5.92 Å². The molecule has 0 N–H and O–H groups in total. The van der Waals surface area contributed by atoms with E-state index in [4.69, 9.17) is 9.97 Å². The smallest absolute Gasteiger partial charge is 0.160 e. The van der Waals surface area contributed by atoms with E-state index >= 15 is 0 Å². The molecule has 6 rings (SSSR count). The summed E-state index contributed by atoms with van der Waals surface area (Å²) in [7, 11) is 0. The molecule has 0 saturated heterocycles. The van der Waals surface area contributed by atoms with E-state index in [1.54, 1.807) is 0 Å². The van der Waals surface area contributed by atoms with E-state index in [1.807, 2.05) is 6.92 Å². The number of fused-ring (bicyclic) bond motifs is 3. The van der Waals surface area contributed by atoms with E-state index in [0.717, 1.165) is 47.4 Å². The van der Waals surface area contributed by atoms with E-state index in [1.165, 1.54) is 52.0 Å². The van der Waals surface area contributed by atoms with Crippen molar-refractivity contribution in [3.8, 4) is 6.07 Å². The summed E-state index contributed by atoms with van der Waals surface area (Å²) in [6.07, 6.45) is 4.38. The van der Waals surface area contributed by atoms with Crippen LogP contribution in [0.1, 0.15) is 70.6 Å². The Morgan fingerprint density at radius 3 is 2.56 bits per heavy atom. The topological polar surface area (TPSA) is 54.5 Å². The van der Waals surface area contributed by atoms with E-state index in [9.17, 15) is 5.26 Å². The van der Waals surface area contributed by atoms with Gasteiger partial charge in [-0.2, -0.15) is 5.26 Å². The van der Waals surface area contributed by atoms with Gasteiger partial charge >= 0.3 is 0 Å². The molecule has 168 valence electrons. The second kappa shape index (κ2) is 7.95. The lowest BCUT2D eigenvalue weighted by molar-refractivity contribution is 0.738. The van der Waals surface area contributed by atoms with Crippen molar-refractivity contribution < 1.29 is 0 Å². The van der Waals surface area contributed by atoms with Crippen LogP contribution in [0.4, 0.5) is 0 Å². The summed E-state index contributed by atoms with van der Waals surface area (Å²) in [5, 5.41) is 9.76. The first-order chi connectivity index (χ1) is 16.5. The molecule has 2 heterocycles. The number of aryl methyl sites for hydroxylation is 4. The first-order valence-electron chi connectivity index (χ1n) is 12.2. The van der Waals surface area contributed by atoms with Gasteiger partial charge in [0, 0.05) is 22.8 Å². The van der Waals surface area contributed by atoms with Crippen LogP contribution < -0.4 is 0 Å². The van der Waals surface area contributed by atoms with Crippen molar-refractivity contribution >= 4 is 16.7 Å². The van der Waals surface area contributed by atoms with Crippen molar-refractivity contribution in [1.29, 1.82) is 5.26 Å². The molecule has 0 aliphatic heterocycles. The number of aromatic nitrogens is 3. The molecule has 2 aliphatic rings. The highest BCUT2D eigenvalue weighted by Crippen LogP contribution is 2.41. The molecule has 1 fully saturated rings. The zero-order chi connectivity index (χ0) is 23.4. The Balaban J connectivity index is 1.46. The minimum atomic E-state index is 0.553. The van der Waals surface area contributed by atoms with Gasteiger partial charge in [0.2, 0.25) is 0 Å². The monoisotopic (exact) mass is 444 g/mol. The van der Waals surface area contributed by atoms with Crippen LogP contribution in [-0.2, 0) is 19.4 Å². The van der Waals surface area contributed by atoms with Gasteiger partial charge in [-0.05, 0) is 85.9 Å². The van der Waals surface area contributed by atoms with Gasteiger partial charge in [0.15, 0.2) is 5.65 Å². The van der Waals surface area contributed by atoms with Crippen LogP contribution in [0.25, 0.3) is 16.7 Å². The van der Waals surface area contributed by atoms with Crippen molar-refractivity contribution in [2.24, 2.45) is 0 Å². The van der Waals surface area contributed by atoms with Crippen LogP contribution in [0, 0.1) is 25.2 Å². The molecule has 4 heteroatoms. The van der Waals surface area contributed by atoms with Gasteiger partial charge in [0.05, 0.1) is 12.6 Å². The molecular formula is C30H28N4. The summed E-state index contributed by atoms with van der Waals surface area (Å²) in [5.41, 5.74) is 12.4. The Kier molecular flexibility index (Phi) is 4.88. The van der Waals surface area contributed by atoms with Crippen molar-refractivity contribution in [3.63, 3.8) is 0 Å². The lowest BCUT2D eigenvalue weighted by atomic mass is 9.90. The van der Waals surface area contributed by atoms with Crippen LogP contribution in [0.5, 0.6) is 0 Å². The second-order valence-corrected chi connectivity index (χ2v) is 9.84. The van der Waals surface area contributed by atoms with Crippen LogP contribution in [0.15, 0.2) is 54.1 Å². The summed E-state index contributed by atoms with van der Waals surface area (Å²) in [6, 6.07) is 19.9. The number of pyridine rings is 1. The first kappa shape index (κ1) is 20.9. The molecule has 0 radical (unpaired) electrons. The van der Waals surface area contributed by atoms with E-state index in [-0.39, 0.29) is 0 Å². The third kappa shape index (κ3) is 3.44. The molecular weight excluding hydrogens is 416 g/mol. The summed E-state index contributed by atoms with van der Waals surface area (Å²) in [5.74, 6) is 1.73. The maximum absolute atomic E-state index is 9.76. The Hall–Kier alpha value is -3.71.